The van der Waals surface area contributed by atoms with E-state index in [0.29, 0.717) is 0 Å². The third-order valence-electron chi connectivity index (χ3n) is 5.88. The predicted octanol–water partition coefficient (Wildman–Crippen LogP) is 8.75. The zero-order valence-corrected chi connectivity index (χ0v) is 20.5. The van der Waals surface area contributed by atoms with Gasteiger partial charge in [0.05, 0.1) is 0 Å². The fraction of sp³-hybridized carbons (Fsp3) is 0.226. The highest BCUT2D eigenvalue weighted by molar-refractivity contribution is 6.72. The number of hydrogen-bond donors (Lipinski definition) is 0. The summed E-state index contributed by atoms with van der Waals surface area (Å²) in [5.41, 5.74) is 10.1. The molecule has 0 saturated heterocycles. The summed E-state index contributed by atoms with van der Waals surface area (Å²) < 4.78 is 0. The Hall–Kier alpha value is -3.06. The number of aryl methyl sites for hydroxylation is 2. The van der Waals surface area contributed by atoms with Crippen LogP contribution < -0.4 is 0 Å². The lowest BCUT2D eigenvalue weighted by Crippen LogP contribution is -2.18. The molecule has 0 aliphatic rings. The fourth-order valence-electron chi connectivity index (χ4n) is 3.80. The summed E-state index contributed by atoms with van der Waals surface area (Å²) in [6.45, 7) is 19.2. The van der Waals surface area contributed by atoms with Gasteiger partial charge in [-0.2, -0.15) is 0 Å². The first-order chi connectivity index (χ1) is 15.5. The predicted molar refractivity (Wildman–Crippen MR) is 146 cm³/mol. The van der Waals surface area contributed by atoms with Crippen molar-refractivity contribution in [3.8, 4) is 11.1 Å². The average Bonchev–Trinajstić information content (AvgIpc) is 2.84. The van der Waals surface area contributed by atoms with Gasteiger partial charge in [-0.05, 0) is 54.4 Å². The van der Waals surface area contributed by atoms with Crippen molar-refractivity contribution in [2.24, 2.45) is 0 Å². The summed E-state index contributed by atoms with van der Waals surface area (Å²) in [5, 5.41) is 0. The third-order valence-corrected chi connectivity index (χ3v) is 5.88. The molecule has 0 nitrogen and oxygen atoms in total. The van der Waals surface area contributed by atoms with E-state index in [0.717, 1.165) is 18.2 Å². The van der Waals surface area contributed by atoms with Gasteiger partial charge < -0.3 is 0 Å². The molecule has 32 heavy (non-hydrogen) atoms. The van der Waals surface area contributed by atoms with Gasteiger partial charge in [-0.25, -0.2) is 0 Å². The van der Waals surface area contributed by atoms with Gasteiger partial charge in [0.15, 0.2) is 0 Å². The molecule has 0 aliphatic carbocycles. The summed E-state index contributed by atoms with van der Waals surface area (Å²) in [6, 6.07) is 26.2. The Morgan fingerprint density at radius 1 is 0.875 bits per heavy atom. The summed E-state index contributed by atoms with van der Waals surface area (Å²) in [5.74, 6) is 2.02. The van der Waals surface area contributed by atoms with Crippen LogP contribution >= 0.6 is 0 Å². The molecule has 0 radical (unpaired) electrons. The quantitative estimate of drug-likeness (QED) is 0.252. The SMILES string of the molecule is C=CB(Cc1ccc(-c2ccccc2C)cc1)C(=C)/C(C)=C/c1ccc(CC)cc1.CC. The van der Waals surface area contributed by atoms with Crippen molar-refractivity contribution >= 4 is 12.8 Å². The van der Waals surface area contributed by atoms with Crippen LogP contribution in [-0.2, 0) is 12.7 Å². The van der Waals surface area contributed by atoms with Crippen molar-refractivity contribution in [2.75, 3.05) is 0 Å². The van der Waals surface area contributed by atoms with Gasteiger partial charge in [0.25, 0.3) is 0 Å². The Bertz CT molecular complexity index is 1040. The first kappa shape index (κ1) is 25.2. The molecule has 164 valence electrons. The number of hydrogen-bond acceptors (Lipinski definition) is 0. The Balaban J connectivity index is 0.00000176. The van der Waals surface area contributed by atoms with Gasteiger partial charge in [-0.15, -0.1) is 19.1 Å². The van der Waals surface area contributed by atoms with Crippen molar-refractivity contribution in [1.29, 1.82) is 0 Å². The number of benzene rings is 3. The van der Waals surface area contributed by atoms with Crippen LogP contribution in [0.2, 0.25) is 0 Å². The van der Waals surface area contributed by atoms with Crippen LogP contribution in [0, 0.1) is 6.92 Å². The molecule has 1 heteroatoms. The van der Waals surface area contributed by atoms with Crippen LogP contribution in [0.3, 0.4) is 0 Å². The molecular formula is C31H37B. The molecule has 0 aliphatic heterocycles. The van der Waals surface area contributed by atoms with Crippen molar-refractivity contribution in [1.82, 2.24) is 0 Å². The molecule has 0 atom stereocenters. The lowest BCUT2D eigenvalue weighted by molar-refractivity contribution is 1.14. The van der Waals surface area contributed by atoms with Crippen LogP contribution in [0.1, 0.15) is 49.9 Å². The molecule has 3 aromatic carbocycles. The summed E-state index contributed by atoms with van der Waals surface area (Å²) in [7, 11) is 0. The molecule has 3 aromatic rings. The van der Waals surface area contributed by atoms with Gasteiger partial charge in [0.2, 0.25) is 6.71 Å². The van der Waals surface area contributed by atoms with Gasteiger partial charge in [0, 0.05) is 0 Å². The second-order valence-corrected chi connectivity index (χ2v) is 8.01. The van der Waals surface area contributed by atoms with Crippen LogP contribution in [0.4, 0.5) is 0 Å². The van der Waals surface area contributed by atoms with E-state index in [1.54, 1.807) is 0 Å². The number of allylic oxidation sites excluding steroid dienone is 2. The second-order valence-electron chi connectivity index (χ2n) is 8.01. The van der Waals surface area contributed by atoms with E-state index < -0.39 is 0 Å². The molecule has 0 spiro atoms. The molecule has 0 fully saturated rings. The van der Waals surface area contributed by atoms with E-state index in [1.807, 2.05) is 19.8 Å². The van der Waals surface area contributed by atoms with Gasteiger partial charge in [-0.1, -0.05) is 116 Å². The molecule has 0 unspecified atom stereocenters. The summed E-state index contributed by atoms with van der Waals surface area (Å²) >= 11 is 0. The smallest absolute Gasteiger partial charge is 0.117 e. The van der Waals surface area contributed by atoms with Crippen LogP contribution in [-0.4, -0.2) is 6.71 Å². The monoisotopic (exact) mass is 420 g/mol. The normalized spacial score (nSPS) is 10.7. The van der Waals surface area contributed by atoms with E-state index >= 15 is 0 Å². The van der Waals surface area contributed by atoms with Crippen molar-refractivity contribution in [3.05, 3.63) is 125 Å². The van der Waals surface area contributed by atoms with Gasteiger partial charge in [-0.3, -0.25) is 0 Å². The van der Waals surface area contributed by atoms with Crippen LogP contribution in [0.15, 0.2) is 103 Å². The molecule has 0 saturated carbocycles. The molecule has 0 amide bonds. The zero-order valence-electron chi connectivity index (χ0n) is 20.5. The summed E-state index contributed by atoms with van der Waals surface area (Å²) in [4.78, 5) is 0. The highest BCUT2D eigenvalue weighted by atomic mass is 14.1. The Labute approximate surface area is 196 Å². The molecule has 0 heterocycles. The minimum atomic E-state index is 0.223. The third kappa shape index (κ3) is 6.72. The standard InChI is InChI=1S/C29H31B.C2H6/c1-6-25-12-14-26(15-13-25)20-23(4)24(5)30(7-2)21-27-16-18-28(19-17-27)29-11-9-8-10-22(29)3;1-2/h7-20H,2,5-6,21H2,1,3-4H3;1-2H3/b23-20+;. The van der Waals surface area contributed by atoms with Crippen molar-refractivity contribution in [3.63, 3.8) is 0 Å². The first-order valence-electron chi connectivity index (χ1n) is 11.8. The highest BCUT2D eigenvalue weighted by Crippen LogP contribution is 2.25. The largest absolute Gasteiger partial charge is 0.204 e. The molecule has 0 bridgehead atoms. The maximum atomic E-state index is 4.39. The minimum absolute atomic E-state index is 0.223. The minimum Gasteiger partial charge on any atom is -0.117 e. The van der Waals surface area contributed by atoms with Crippen LogP contribution in [0.5, 0.6) is 0 Å². The van der Waals surface area contributed by atoms with Gasteiger partial charge in [0.1, 0.15) is 0 Å². The average molecular weight is 420 g/mol. The Morgan fingerprint density at radius 2 is 1.47 bits per heavy atom. The lowest BCUT2D eigenvalue weighted by atomic mass is 9.40. The molecular weight excluding hydrogens is 383 g/mol. The summed E-state index contributed by atoms with van der Waals surface area (Å²) in [6.07, 6.45) is 4.20. The topological polar surface area (TPSA) is 0 Å². The number of rotatable bonds is 8. The molecule has 3 rings (SSSR count). The Morgan fingerprint density at radius 3 is 2.03 bits per heavy atom. The van der Waals surface area contributed by atoms with Crippen molar-refractivity contribution < 1.29 is 0 Å². The van der Waals surface area contributed by atoms with E-state index in [2.05, 4.69) is 113 Å². The second kappa shape index (κ2) is 12.7. The Kier molecular flexibility index (Phi) is 10.0. The van der Waals surface area contributed by atoms with E-state index in [-0.39, 0.29) is 6.71 Å². The van der Waals surface area contributed by atoms with Crippen molar-refractivity contribution in [2.45, 2.75) is 47.4 Å². The molecule has 0 N–H and O–H groups in total. The zero-order chi connectivity index (χ0) is 23.5. The first-order valence-corrected chi connectivity index (χ1v) is 11.8. The van der Waals surface area contributed by atoms with E-state index in [9.17, 15) is 0 Å². The maximum absolute atomic E-state index is 4.39. The molecule has 0 aromatic heterocycles. The van der Waals surface area contributed by atoms with Gasteiger partial charge >= 0.3 is 0 Å². The fourth-order valence-corrected chi connectivity index (χ4v) is 3.80. The highest BCUT2D eigenvalue weighted by Gasteiger charge is 2.16. The van der Waals surface area contributed by atoms with E-state index in [4.69, 9.17) is 0 Å². The van der Waals surface area contributed by atoms with Crippen LogP contribution in [0.25, 0.3) is 17.2 Å². The maximum Gasteiger partial charge on any atom is 0.204 e. The van der Waals surface area contributed by atoms with E-state index in [1.165, 1.54) is 39.0 Å². The lowest BCUT2D eigenvalue weighted by Gasteiger charge is -2.15.